The topological polar surface area (TPSA) is 153 Å². The van der Waals surface area contributed by atoms with Crippen molar-refractivity contribution < 1.29 is 20.2 Å². The van der Waals surface area contributed by atoms with Crippen LogP contribution >= 0.6 is 12.4 Å². The summed E-state index contributed by atoms with van der Waals surface area (Å²) >= 11 is 0. The Morgan fingerprint density at radius 2 is 2.24 bits per heavy atom. The van der Waals surface area contributed by atoms with E-state index in [0.717, 1.165) is 0 Å². The summed E-state index contributed by atoms with van der Waals surface area (Å²) in [6.45, 7) is -0.229. The van der Waals surface area contributed by atoms with Gasteiger partial charge in [-0.15, -0.1) is 12.4 Å². The number of nitrogens with zero attached hydrogens (tertiary/aromatic N) is 1. The second-order valence-corrected chi connectivity index (χ2v) is 2.94. The molecule has 0 spiro atoms. The standard InChI is InChI=1S/C8H12N4O3.ClH.H2O/c9-2-7(13)12-6(8(14)15)1-5-3-10-4-11-5;;/h3-4,6H,1-2,9H2,(H,10,11)(H,12,13)(H,14,15);1H;1H2/t6-;;/m0../s1. The van der Waals surface area contributed by atoms with Crippen LogP contribution in [0.1, 0.15) is 5.69 Å². The van der Waals surface area contributed by atoms with Crippen LogP contribution in [0.3, 0.4) is 0 Å². The molecule has 9 heteroatoms. The Balaban J connectivity index is 0. The second-order valence-electron chi connectivity index (χ2n) is 2.94. The maximum Gasteiger partial charge on any atom is 0.326 e. The van der Waals surface area contributed by atoms with E-state index in [1.54, 1.807) is 0 Å². The molecule has 98 valence electrons. The molecular formula is C8H15ClN4O4. The van der Waals surface area contributed by atoms with Crippen LogP contribution in [0, 0.1) is 0 Å². The van der Waals surface area contributed by atoms with E-state index in [1.807, 2.05) is 0 Å². The van der Waals surface area contributed by atoms with Gasteiger partial charge in [-0.3, -0.25) is 4.79 Å². The highest BCUT2D eigenvalue weighted by molar-refractivity contribution is 5.85. The lowest BCUT2D eigenvalue weighted by Crippen LogP contribution is -2.44. The summed E-state index contributed by atoms with van der Waals surface area (Å²) in [4.78, 5) is 28.2. The number of imidazole rings is 1. The monoisotopic (exact) mass is 266 g/mol. The zero-order chi connectivity index (χ0) is 11.3. The number of carbonyl (C=O) groups is 2. The van der Waals surface area contributed by atoms with Crippen molar-refractivity contribution in [3.05, 3.63) is 18.2 Å². The third-order valence-corrected chi connectivity index (χ3v) is 1.80. The molecule has 0 bridgehead atoms. The van der Waals surface area contributed by atoms with Gasteiger partial charge in [0.15, 0.2) is 0 Å². The van der Waals surface area contributed by atoms with E-state index in [4.69, 9.17) is 10.8 Å². The quantitative estimate of drug-likeness (QED) is 0.489. The maximum atomic E-state index is 10.9. The van der Waals surface area contributed by atoms with Crippen LogP contribution in [0.25, 0.3) is 0 Å². The van der Waals surface area contributed by atoms with Crippen molar-refractivity contribution in [1.82, 2.24) is 15.3 Å². The molecule has 0 aliphatic rings. The number of hydrogen-bond donors (Lipinski definition) is 4. The molecule has 1 amide bonds. The number of nitrogens with one attached hydrogen (secondary N) is 2. The molecule has 1 aromatic rings. The van der Waals surface area contributed by atoms with Gasteiger partial charge in [-0.2, -0.15) is 0 Å². The first-order chi connectivity index (χ1) is 7.13. The zero-order valence-corrected chi connectivity index (χ0v) is 9.66. The van der Waals surface area contributed by atoms with E-state index in [1.165, 1.54) is 12.5 Å². The third-order valence-electron chi connectivity index (χ3n) is 1.80. The Bertz CT molecular complexity index is 343. The number of rotatable bonds is 5. The number of aromatic amines is 1. The Morgan fingerprint density at radius 1 is 1.59 bits per heavy atom. The number of carboxylic acid groups (broad SMARTS) is 1. The Hall–Kier alpha value is -1.64. The van der Waals surface area contributed by atoms with Gasteiger partial charge in [-0.1, -0.05) is 0 Å². The highest BCUT2D eigenvalue weighted by Gasteiger charge is 2.20. The van der Waals surface area contributed by atoms with Crippen LogP contribution in [-0.4, -0.2) is 45.0 Å². The third kappa shape index (κ3) is 5.85. The average molecular weight is 267 g/mol. The van der Waals surface area contributed by atoms with Crippen molar-refractivity contribution in [2.75, 3.05) is 6.54 Å². The molecule has 1 atom stereocenters. The Labute approximate surface area is 103 Å². The van der Waals surface area contributed by atoms with Gasteiger partial charge >= 0.3 is 5.97 Å². The predicted octanol–water partition coefficient (Wildman–Crippen LogP) is -1.92. The van der Waals surface area contributed by atoms with Crippen LogP contribution in [0.2, 0.25) is 0 Å². The number of amides is 1. The Morgan fingerprint density at radius 3 is 2.65 bits per heavy atom. The van der Waals surface area contributed by atoms with Gasteiger partial charge in [0, 0.05) is 18.3 Å². The van der Waals surface area contributed by atoms with E-state index in [0.29, 0.717) is 5.69 Å². The molecule has 17 heavy (non-hydrogen) atoms. The fourth-order valence-electron chi connectivity index (χ4n) is 1.07. The summed E-state index contributed by atoms with van der Waals surface area (Å²) in [5.41, 5.74) is 5.71. The molecule has 0 saturated carbocycles. The lowest BCUT2D eigenvalue weighted by molar-refractivity contribution is -0.141. The minimum Gasteiger partial charge on any atom is -0.480 e. The lowest BCUT2D eigenvalue weighted by atomic mass is 10.1. The second kappa shape index (κ2) is 8.50. The molecule has 0 aliphatic carbocycles. The molecule has 0 radical (unpaired) electrons. The minimum absolute atomic E-state index is 0. The summed E-state index contributed by atoms with van der Waals surface area (Å²) in [7, 11) is 0. The minimum atomic E-state index is -1.11. The summed E-state index contributed by atoms with van der Waals surface area (Å²) in [5, 5.41) is 11.1. The van der Waals surface area contributed by atoms with Crippen LogP contribution < -0.4 is 11.1 Å². The van der Waals surface area contributed by atoms with E-state index >= 15 is 0 Å². The SMILES string of the molecule is Cl.NCC(=O)N[C@@H](Cc1cnc[nH]1)C(=O)O.O. The number of aromatic nitrogens is 2. The van der Waals surface area contributed by atoms with Gasteiger partial charge in [0.1, 0.15) is 6.04 Å². The normalized spacial score (nSPS) is 10.6. The fourth-order valence-corrected chi connectivity index (χ4v) is 1.07. The molecule has 1 rings (SSSR count). The summed E-state index contributed by atoms with van der Waals surface area (Å²) in [5.74, 6) is -1.60. The Kier molecular flexibility index (Phi) is 8.88. The largest absolute Gasteiger partial charge is 0.480 e. The first-order valence-electron chi connectivity index (χ1n) is 4.33. The zero-order valence-electron chi connectivity index (χ0n) is 8.84. The summed E-state index contributed by atoms with van der Waals surface area (Å²) < 4.78 is 0. The molecule has 8 nitrogen and oxygen atoms in total. The van der Waals surface area contributed by atoms with Gasteiger partial charge in [0.05, 0.1) is 12.9 Å². The molecule has 0 aromatic carbocycles. The van der Waals surface area contributed by atoms with Crippen LogP contribution in [-0.2, 0) is 16.0 Å². The molecule has 0 fully saturated rings. The van der Waals surface area contributed by atoms with Crippen molar-refractivity contribution in [2.45, 2.75) is 12.5 Å². The van der Waals surface area contributed by atoms with E-state index in [-0.39, 0.29) is 30.8 Å². The lowest BCUT2D eigenvalue weighted by Gasteiger charge is -2.12. The summed E-state index contributed by atoms with van der Waals surface area (Å²) in [6, 6.07) is -0.985. The van der Waals surface area contributed by atoms with Gasteiger partial charge in [0.2, 0.25) is 5.91 Å². The fraction of sp³-hybridized carbons (Fsp3) is 0.375. The molecular weight excluding hydrogens is 252 g/mol. The number of H-pyrrole nitrogens is 1. The number of aliphatic carboxylic acids is 1. The first-order valence-corrected chi connectivity index (χ1v) is 4.33. The van der Waals surface area contributed by atoms with Crippen molar-refractivity contribution in [3.63, 3.8) is 0 Å². The number of carboxylic acids is 1. The van der Waals surface area contributed by atoms with Crippen molar-refractivity contribution in [2.24, 2.45) is 5.73 Å². The van der Waals surface area contributed by atoms with Crippen LogP contribution in [0.5, 0.6) is 0 Å². The number of carbonyl (C=O) groups excluding carboxylic acids is 1. The molecule has 7 N–H and O–H groups in total. The molecule has 0 unspecified atom stereocenters. The number of nitrogens with two attached hydrogens (primary N) is 1. The number of hydrogen-bond acceptors (Lipinski definition) is 4. The van der Waals surface area contributed by atoms with Gasteiger partial charge in [-0.25, -0.2) is 9.78 Å². The van der Waals surface area contributed by atoms with Gasteiger partial charge in [0.25, 0.3) is 0 Å². The van der Waals surface area contributed by atoms with Gasteiger partial charge in [-0.05, 0) is 0 Å². The molecule has 0 saturated heterocycles. The van der Waals surface area contributed by atoms with E-state index in [9.17, 15) is 9.59 Å². The average Bonchev–Trinajstić information content (AvgIpc) is 2.69. The summed E-state index contributed by atoms with van der Waals surface area (Å²) in [6.07, 6.45) is 3.10. The van der Waals surface area contributed by atoms with Crippen LogP contribution in [0.15, 0.2) is 12.5 Å². The number of halogens is 1. The maximum absolute atomic E-state index is 10.9. The first kappa shape index (κ1) is 17.7. The predicted molar refractivity (Wildman–Crippen MR) is 61.8 cm³/mol. The van der Waals surface area contributed by atoms with E-state index < -0.39 is 17.9 Å². The van der Waals surface area contributed by atoms with Crippen LogP contribution in [0.4, 0.5) is 0 Å². The highest BCUT2D eigenvalue weighted by Crippen LogP contribution is 1.98. The smallest absolute Gasteiger partial charge is 0.326 e. The molecule has 1 aromatic heterocycles. The van der Waals surface area contributed by atoms with Gasteiger partial charge < -0.3 is 26.6 Å². The molecule has 0 aliphatic heterocycles. The van der Waals surface area contributed by atoms with Crippen molar-refractivity contribution >= 4 is 24.3 Å². The molecule has 1 heterocycles. The van der Waals surface area contributed by atoms with E-state index in [2.05, 4.69) is 15.3 Å². The van der Waals surface area contributed by atoms with Crippen molar-refractivity contribution in [3.8, 4) is 0 Å². The van der Waals surface area contributed by atoms with Crippen molar-refractivity contribution in [1.29, 1.82) is 0 Å². The highest BCUT2D eigenvalue weighted by atomic mass is 35.5.